The molecule has 5 rings (SSSR count). The Labute approximate surface area is 214 Å². The molecule has 5 nitrogen and oxygen atoms in total. The van der Waals surface area contributed by atoms with Crippen molar-refractivity contribution in [1.82, 2.24) is 15.1 Å². The number of fused-ring (bicyclic) bond motifs is 1. The summed E-state index contributed by atoms with van der Waals surface area (Å²) in [5.41, 5.74) is 1.29. The number of thiophene rings is 1. The van der Waals surface area contributed by atoms with Gasteiger partial charge < -0.3 is 15.0 Å². The van der Waals surface area contributed by atoms with Crippen LogP contribution in [-0.2, 0) is 6.54 Å². The molecule has 34 heavy (non-hydrogen) atoms. The molecule has 2 aliphatic heterocycles. The number of amides is 1. The smallest absolute Gasteiger partial charge is 0.263 e. The maximum Gasteiger partial charge on any atom is 0.263 e. The molecule has 2 aliphatic rings. The molecule has 1 amide bonds. The number of hydrogen-bond donors (Lipinski definition) is 1. The fourth-order valence-corrected chi connectivity index (χ4v) is 6.55. The van der Waals surface area contributed by atoms with Gasteiger partial charge in [0, 0.05) is 37.4 Å². The molecule has 0 atom stereocenters. The molecule has 180 valence electrons. The summed E-state index contributed by atoms with van der Waals surface area (Å²) >= 11 is 5.31. The van der Waals surface area contributed by atoms with E-state index < -0.39 is 0 Å². The van der Waals surface area contributed by atoms with Crippen molar-refractivity contribution < 1.29 is 9.53 Å². The fourth-order valence-electron chi connectivity index (χ4n) is 4.98. The van der Waals surface area contributed by atoms with Gasteiger partial charge in [-0.3, -0.25) is 9.69 Å². The molecule has 0 aliphatic carbocycles. The zero-order valence-corrected chi connectivity index (χ0v) is 22.0. The van der Waals surface area contributed by atoms with Crippen molar-refractivity contribution in [3.8, 4) is 5.75 Å². The Morgan fingerprint density at radius 2 is 1.88 bits per heavy atom. The van der Waals surface area contributed by atoms with Gasteiger partial charge in [-0.15, -0.1) is 11.3 Å². The number of nitrogens with one attached hydrogen (secondary N) is 1. The summed E-state index contributed by atoms with van der Waals surface area (Å²) in [7, 11) is 1.96. The minimum Gasteiger partial charge on any atom is -0.489 e. The van der Waals surface area contributed by atoms with Crippen molar-refractivity contribution >= 4 is 43.3 Å². The summed E-state index contributed by atoms with van der Waals surface area (Å²) in [6, 6.07) is 17.0. The second-order valence-corrected chi connectivity index (χ2v) is 11.3. The van der Waals surface area contributed by atoms with Crippen LogP contribution in [0, 0.1) is 0 Å². The van der Waals surface area contributed by atoms with Crippen molar-refractivity contribution in [3.05, 3.63) is 63.4 Å². The minimum absolute atomic E-state index is 0.146. The Hall–Kier alpha value is -1.93. The molecule has 0 saturated carbocycles. The molecule has 1 N–H and O–H groups in total. The summed E-state index contributed by atoms with van der Waals surface area (Å²) in [5.74, 6) is 1.09. The van der Waals surface area contributed by atoms with Crippen LogP contribution in [0.4, 0.5) is 0 Å². The first-order chi connectivity index (χ1) is 16.6. The average Bonchev–Trinajstić information content (AvgIpc) is 3.30. The van der Waals surface area contributed by atoms with E-state index in [1.165, 1.54) is 10.3 Å². The van der Waals surface area contributed by atoms with Gasteiger partial charge in [0.15, 0.2) is 0 Å². The third-order valence-corrected chi connectivity index (χ3v) is 8.77. The van der Waals surface area contributed by atoms with Crippen molar-refractivity contribution in [2.24, 2.45) is 0 Å². The zero-order valence-electron chi connectivity index (χ0n) is 19.6. The van der Waals surface area contributed by atoms with Crippen molar-refractivity contribution in [2.75, 3.05) is 33.2 Å². The van der Waals surface area contributed by atoms with Crippen LogP contribution in [0.3, 0.4) is 0 Å². The molecule has 2 saturated heterocycles. The van der Waals surface area contributed by atoms with Crippen molar-refractivity contribution in [1.29, 1.82) is 0 Å². The van der Waals surface area contributed by atoms with Crippen molar-refractivity contribution in [3.63, 3.8) is 0 Å². The molecular weight excluding hydrogens is 510 g/mol. The summed E-state index contributed by atoms with van der Waals surface area (Å²) in [4.78, 5) is 18.4. The van der Waals surface area contributed by atoms with Gasteiger partial charge in [0.1, 0.15) is 11.9 Å². The van der Waals surface area contributed by atoms with E-state index in [1.807, 2.05) is 30.1 Å². The summed E-state index contributed by atoms with van der Waals surface area (Å²) in [6.07, 6.45) is 4.43. The summed E-state index contributed by atoms with van der Waals surface area (Å²) in [6.45, 7) is 4.98. The number of nitrogens with zero attached hydrogens (tertiary/aromatic N) is 2. The lowest BCUT2D eigenvalue weighted by atomic mass is 10.0. The van der Waals surface area contributed by atoms with Gasteiger partial charge in [0.05, 0.1) is 9.35 Å². The lowest BCUT2D eigenvalue weighted by Crippen LogP contribution is -2.45. The molecule has 3 heterocycles. The third-order valence-electron chi connectivity index (χ3n) is 7.04. The van der Waals surface area contributed by atoms with Crippen LogP contribution in [0.1, 0.15) is 40.9 Å². The minimum atomic E-state index is 0.146. The fraction of sp³-hybridized carbons (Fsp3) is 0.444. The maximum atomic E-state index is 13.1. The third kappa shape index (κ3) is 5.48. The summed E-state index contributed by atoms with van der Waals surface area (Å²) < 4.78 is 8.42. The van der Waals surface area contributed by atoms with Crippen LogP contribution in [0.15, 0.2) is 53.0 Å². The second-order valence-electron chi connectivity index (χ2n) is 9.40. The first-order valence-corrected chi connectivity index (χ1v) is 13.8. The van der Waals surface area contributed by atoms with Gasteiger partial charge in [0.25, 0.3) is 5.91 Å². The number of benzene rings is 2. The lowest BCUT2D eigenvalue weighted by Gasteiger charge is -2.36. The molecule has 2 fully saturated rings. The number of ether oxygens (including phenoxy) is 1. The largest absolute Gasteiger partial charge is 0.489 e. The molecule has 0 spiro atoms. The molecular formula is C27H32BrN3O2S. The Morgan fingerprint density at radius 3 is 2.62 bits per heavy atom. The van der Waals surface area contributed by atoms with E-state index in [2.05, 4.69) is 56.5 Å². The molecule has 0 unspecified atom stereocenters. The van der Waals surface area contributed by atoms with Gasteiger partial charge in [-0.1, -0.05) is 24.3 Å². The molecule has 7 heteroatoms. The number of piperidine rings is 2. The quantitative estimate of drug-likeness (QED) is 0.445. The first kappa shape index (κ1) is 23.8. The van der Waals surface area contributed by atoms with E-state index in [-0.39, 0.29) is 5.91 Å². The highest BCUT2D eigenvalue weighted by Crippen LogP contribution is 2.30. The predicted octanol–water partition coefficient (Wildman–Crippen LogP) is 5.53. The van der Waals surface area contributed by atoms with Gasteiger partial charge in [-0.25, -0.2) is 0 Å². The van der Waals surface area contributed by atoms with E-state index in [9.17, 15) is 4.79 Å². The number of likely N-dealkylation sites (tertiary alicyclic amines) is 1. The highest BCUT2D eigenvalue weighted by atomic mass is 79.9. The normalized spacial score (nSPS) is 18.3. The van der Waals surface area contributed by atoms with Crippen LogP contribution in [0.2, 0.25) is 0 Å². The maximum absolute atomic E-state index is 13.1. The van der Waals surface area contributed by atoms with E-state index in [4.69, 9.17) is 4.74 Å². The zero-order chi connectivity index (χ0) is 23.5. The molecule has 2 aromatic carbocycles. The SMILES string of the molecule is CN(C(=O)c1cc2ccccc2s1)C1CCN(Cc2ccc(OC3CCNCC3)c(Br)c2)CC1. The predicted molar refractivity (Wildman–Crippen MR) is 143 cm³/mol. The monoisotopic (exact) mass is 541 g/mol. The summed E-state index contributed by atoms with van der Waals surface area (Å²) in [5, 5.41) is 4.53. The van der Waals surface area contributed by atoms with Gasteiger partial charge in [-0.2, -0.15) is 0 Å². The van der Waals surface area contributed by atoms with Crippen LogP contribution in [0.5, 0.6) is 5.75 Å². The standard InChI is InChI=1S/C27H32BrN3O2S/c1-30(27(32)26-17-20-4-2-3-5-25(20)34-26)21-10-14-31(15-11-21)18-19-6-7-24(23(28)16-19)33-22-8-12-29-13-9-22/h2-7,16-17,21-22,29H,8-15,18H2,1H3. The Morgan fingerprint density at radius 1 is 1.12 bits per heavy atom. The second kappa shape index (κ2) is 10.8. The first-order valence-electron chi connectivity index (χ1n) is 12.2. The van der Waals surface area contributed by atoms with Crippen LogP contribution in [0.25, 0.3) is 10.1 Å². The topological polar surface area (TPSA) is 44.8 Å². The van der Waals surface area contributed by atoms with E-state index >= 15 is 0 Å². The van der Waals surface area contributed by atoms with Crippen LogP contribution >= 0.6 is 27.3 Å². The Bertz CT molecular complexity index is 1100. The number of halogens is 1. The van der Waals surface area contributed by atoms with Gasteiger partial charge in [0.2, 0.25) is 0 Å². The highest BCUT2D eigenvalue weighted by Gasteiger charge is 2.27. The molecule has 0 bridgehead atoms. The molecule has 0 radical (unpaired) electrons. The van der Waals surface area contributed by atoms with E-state index in [0.29, 0.717) is 12.1 Å². The Balaban J connectivity index is 1.13. The highest BCUT2D eigenvalue weighted by molar-refractivity contribution is 9.10. The average molecular weight is 543 g/mol. The molecule has 3 aromatic rings. The van der Waals surface area contributed by atoms with Crippen LogP contribution < -0.4 is 10.1 Å². The Kier molecular flexibility index (Phi) is 7.54. The van der Waals surface area contributed by atoms with E-state index in [0.717, 1.165) is 78.9 Å². The van der Waals surface area contributed by atoms with Crippen molar-refractivity contribution in [2.45, 2.75) is 44.4 Å². The van der Waals surface area contributed by atoms with E-state index in [1.54, 1.807) is 11.3 Å². The number of hydrogen-bond acceptors (Lipinski definition) is 5. The van der Waals surface area contributed by atoms with Gasteiger partial charge >= 0.3 is 0 Å². The van der Waals surface area contributed by atoms with Crippen LogP contribution in [-0.4, -0.2) is 61.1 Å². The number of rotatable bonds is 6. The van der Waals surface area contributed by atoms with Gasteiger partial charge in [-0.05, 0) is 89.9 Å². The number of carbonyl (C=O) groups excluding carboxylic acids is 1. The molecule has 1 aromatic heterocycles. The lowest BCUT2D eigenvalue weighted by molar-refractivity contribution is 0.0641. The number of carbonyl (C=O) groups is 1.